The van der Waals surface area contributed by atoms with Gasteiger partial charge in [0.1, 0.15) is 10.9 Å². The van der Waals surface area contributed by atoms with Crippen LogP contribution in [0.3, 0.4) is 0 Å². The molecule has 2 saturated carbocycles. The van der Waals surface area contributed by atoms with Crippen molar-refractivity contribution in [3.05, 3.63) is 35.0 Å². The predicted octanol–water partition coefficient (Wildman–Crippen LogP) is 4.97. The number of hydrogen-bond donors (Lipinski definition) is 0. The summed E-state index contributed by atoms with van der Waals surface area (Å²) in [7, 11) is 0. The van der Waals surface area contributed by atoms with Crippen LogP contribution < -0.4 is 4.74 Å². The van der Waals surface area contributed by atoms with Gasteiger partial charge in [0, 0.05) is 29.5 Å². The van der Waals surface area contributed by atoms with E-state index >= 15 is 0 Å². The van der Waals surface area contributed by atoms with Gasteiger partial charge < -0.3 is 9.64 Å². The second-order valence-electron chi connectivity index (χ2n) is 7.40. The molecule has 4 nitrogen and oxygen atoms in total. The highest BCUT2D eigenvalue weighted by Crippen LogP contribution is 2.36. The molecule has 1 heterocycles. The van der Waals surface area contributed by atoms with Crippen molar-refractivity contribution >= 4 is 28.4 Å². The molecule has 0 spiro atoms. The first-order chi connectivity index (χ1) is 12.7. The summed E-state index contributed by atoms with van der Waals surface area (Å²) in [5.41, 5.74) is 1.77. The number of nitrogens with zero attached hydrogens (tertiary/aromatic N) is 2. The number of pyridine rings is 1. The molecule has 5 heteroatoms. The highest BCUT2D eigenvalue weighted by molar-refractivity contribution is 6.30. The molecule has 2 aliphatic rings. The van der Waals surface area contributed by atoms with Crippen molar-refractivity contribution in [2.75, 3.05) is 6.61 Å². The minimum atomic E-state index is 0.229. The normalized spacial score (nSPS) is 17.6. The first-order valence-electron chi connectivity index (χ1n) is 9.68. The Bertz CT molecular complexity index is 813. The highest BCUT2D eigenvalue weighted by Gasteiger charge is 2.37. The van der Waals surface area contributed by atoms with Gasteiger partial charge in [0.25, 0.3) is 0 Å². The third-order valence-electron chi connectivity index (χ3n) is 5.44. The summed E-state index contributed by atoms with van der Waals surface area (Å²) < 4.78 is 5.60. The second kappa shape index (κ2) is 7.43. The predicted molar refractivity (Wildman–Crippen MR) is 103 cm³/mol. The lowest BCUT2D eigenvalue weighted by molar-refractivity contribution is -0.135. The molecule has 0 radical (unpaired) electrons. The number of benzene rings is 1. The Hall–Kier alpha value is -1.81. The number of halogens is 1. The maximum absolute atomic E-state index is 12.9. The lowest BCUT2D eigenvalue weighted by Crippen LogP contribution is -2.39. The van der Waals surface area contributed by atoms with E-state index in [9.17, 15) is 4.79 Å². The highest BCUT2D eigenvalue weighted by atomic mass is 35.5. The SMILES string of the molecule is CCOc1ccc2nc(Cl)c(CN(C(=O)C3CC3)C3CCCC3)cc2c1. The van der Waals surface area contributed by atoms with Crippen LogP contribution in [0.5, 0.6) is 5.75 Å². The van der Waals surface area contributed by atoms with Gasteiger partial charge in [0.2, 0.25) is 5.91 Å². The number of rotatable bonds is 6. The third kappa shape index (κ3) is 3.66. The van der Waals surface area contributed by atoms with Crippen LogP contribution >= 0.6 is 11.6 Å². The number of carbonyl (C=O) groups is 1. The molecular weight excluding hydrogens is 348 g/mol. The van der Waals surface area contributed by atoms with E-state index in [1.54, 1.807) is 0 Å². The number of amides is 1. The zero-order valence-corrected chi connectivity index (χ0v) is 16.0. The van der Waals surface area contributed by atoms with Gasteiger partial charge in [-0.1, -0.05) is 24.4 Å². The van der Waals surface area contributed by atoms with E-state index in [0.29, 0.717) is 30.3 Å². The quantitative estimate of drug-likeness (QED) is 0.672. The van der Waals surface area contributed by atoms with E-state index in [1.807, 2.05) is 25.1 Å². The monoisotopic (exact) mass is 372 g/mol. The first-order valence-corrected chi connectivity index (χ1v) is 10.1. The topological polar surface area (TPSA) is 42.4 Å². The molecule has 4 rings (SSSR count). The fourth-order valence-electron chi connectivity index (χ4n) is 3.89. The van der Waals surface area contributed by atoms with Crippen molar-refractivity contribution in [2.24, 2.45) is 5.92 Å². The van der Waals surface area contributed by atoms with Crippen LogP contribution in [-0.4, -0.2) is 28.4 Å². The largest absolute Gasteiger partial charge is 0.494 e. The van der Waals surface area contributed by atoms with Gasteiger partial charge in [-0.2, -0.15) is 0 Å². The minimum Gasteiger partial charge on any atom is -0.494 e. The summed E-state index contributed by atoms with van der Waals surface area (Å²) >= 11 is 6.47. The van der Waals surface area contributed by atoms with Crippen LogP contribution in [0.2, 0.25) is 5.15 Å². The Morgan fingerprint density at radius 2 is 2.00 bits per heavy atom. The summed E-state index contributed by atoms with van der Waals surface area (Å²) in [5, 5.41) is 1.49. The average molecular weight is 373 g/mol. The molecule has 0 atom stereocenters. The van der Waals surface area contributed by atoms with Gasteiger partial charge in [-0.05, 0) is 56.9 Å². The Labute approximate surface area is 159 Å². The van der Waals surface area contributed by atoms with E-state index in [2.05, 4.69) is 16.0 Å². The Morgan fingerprint density at radius 1 is 1.23 bits per heavy atom. The number of carbonyl (C=O) groups excluding carboxylic acids is 1. The molecule has 138 valence electrons. The van der Waals surface area contributed by atoms with Crippen molar-refractivity contribution in [3.8, 4) is 5.75 Å². The molecule has 1 aromatic carbocycles. The maximum Gasteiger partial charge on any atom is 0.226 e. The molecule has 0 unspecified atom stereocenters. The van der Waals surface area contributed by atoms with Crippen molar-refractivity contribution in [2.45, 2.75) is 58.0 Å². The van der Waals surface area contributed by atoms with Crippen LogP contribution in [0.4, 0.5) is 0 Å². The van der Waals surface area contributed by atoms with Crippen LogP contribution in [0, 0.1) is 5.92 Å². The number of ether oxygens (including phenoxy) is 1. The summed E-state index contributed by atoms with van der Waals surface area (Å²) in [6.07, 6.45) is 6.69. The van der Waals surface area contributed by atoms with E-state index in [4.69, 9.17) is 16.3 Å². The van der Waals surface area contributed by atoms with E-state index in [-0.39, 0.29) is 5.92 Å². The molecule has 0 saturated heterocycles. The summed E-state index contributed by atoms with van der Waals surface area (Å²) in [6, 6.07) is 8.25. The number of fused-ring (bicyclic) bond motifs is 1. The lowest BCUT2D eigenvalue weighted by atomic mass is 10.1. The number of aromatic nitrogens is 1. The molecule has 2 aliphatic carbocycles. The fourth-order valence-corrected chi connectivity index (χ4v) is 4.10. The zero-order valence-electron chi connectivity index (χ0n) is 15.2. The molecule has 1 amide bonds. The molecule has 0 aliphatic heterocycles. The van der Waals surface area contributed by atoms with E-state index < -0.39 is 0 Å². The maximum atomic E-state index is 12.9. The van der Waals surface area contributed by atoms with E-state index in [1.165, 1.54) is 12.8 Å². The Morgan fingerprint density at radius 3 is 2.69 bits per heavy atom. The van der Waals surface area contributed by atoms with E-state index in [0.717, 1.165) is 47.9 Å². The van der Waals surface area contributed by atoms with Crippen LogP contribution in [0.15, 0.2) is 24.3 Å². The minimum absolute atomic E-state index is 0.229. The lowest BCUT2D eigenvalue weighted by Gasteiger charge is -2.29. The summed E-state index contributed by atoms with van der Waals surface area (Å²) in [5.74, 6) is 1.36. The molecule has 0 N–H and O–H groups in total. The third-order valence-corrected chi connectivity index (χ3v) is 5.77. The zero-order chi connectivity index (χ0) is 18.1. The van der Waals surface area contributed by atoms with Crippen molar-refractivity contribution in [1.82, 2.24) is 9.88 Å². The Kier molecular flexibility index (Phi) is 5.03. The van der Waals surface area contributed by atoms with Gasteiger partial charge in [-0.25, -0.2) is 4.98 Å². The van der Waals surface area contributed by atoms with Gasteiger partial charge in [0.05, 0.1) is 12.1 Å². The van der Waals surface area contributed by atoms with Gasteiger partial charge in [-0.15, -0.1) is 0 Å². The van der Waals surface area contributed by atoms with Crippen LogP contribution in [0.1, 0.15) is 51.0 Å². The molecular formula is C21H25ClN2O2. The molecule has 2 aromatic rings. The average Bonchev–Trinajstić information content (AvgIpc) is 3.35. The fraction of sp³-hybridized carbons (Fsp3) is 0.524. The Balaban J connectivity index is 1.64. The smallest absolute Gasteiger partial charge is 0.226 e. The molecule has 2 fully saturated rings. The number of hydrogen-bond acceptors (Lipinski definition) is 3. The summed E-state index contributed by atoms with van der Waals surface area (Å²) in [6.45, 7) is 3.16. The molecule has 0 bridgehead atoms. The van der Waals surface area contributed by atoms with Crippen molar-refractivity contribution in [3.63, 3.8) is 0 Å². The van der Waals surface area contributed by atoms with Crippen molar-refractivity contribution in [1.29, 1.82) is 0 Å². The van der Waals surface area contributed by atoms with Crippen LogP contribution in [0.25, 0.3) is 10.9 Å². The van der Waals surface area contributed by atoms with Gasteiger partial charge in [0.15, 0.2) is 0 Å². The molecule has 26 heavy (non-hydrogen) atoms. The van der Waals surface area contributed by atoms with Crippen molar-refractivity contribution < 1.29 is 9.53 Å². The summed E-state index contributed by atoms with van der Waals surface area (Å²) in [4.78, 5) is 19.5. The first kappa shape index (κ1) is 17.6. The van der Waals surface area contributed by atoms with Crippen LogP contribution in [-0.2, 0) is 11.3 Å². The molecule has 1 aromatic heterocycles. The standard InChI is InChI=1S/C21H25ClN2O2/c1-2-26-18-9-10-19-15(12-18)11-16(20(22)23-19)13-24(17-5-3-4-6-17)21(25)14-7-8-14/h9-12,14,17H,2-8,13H2,1H3. The second-order valence-corrected chi connectivity index (χ2v) is 7.76. The van der Waals surface area contributed by atoms with Gasteiger partial charge >= 0.3 is 0 Å². The van der Waals surface area contributed by atoms with Gasteiger partial charge in [-0.3, -0.25) is 4.79 Å².